The van der Waals surface area contributed by atoms with Crippen molar-refractivity contribution in [3.63, 3.8) is 0 Å². The first-order valence-corrected chi connectivity index (χ1v) is 11.1. The molecule has 0 unspecified atom stereocenters. The molecule has 3 amide bonds. The highest BCUT2D eigenvalue weighted by Gasteiger charge is 2.40. The van der Waals surface area contributed by atoms with Crippen molar-refractivity contribution in [2.24, 2.45) is 0 Å². The van der Waals surface area contributed by atoms with Crippen LogP contribution in [0.3, 0.4) is 0 Å². The van der Waals surface area contributed by atoms with Crippen LogP contribution in [0.2, 0.25) is 0 Å². The Kier molecular flexibility index (Phi) is 6.48. The lowest BCUT2D eigenvalue weighted by molar-refractivity contribution is -0.119. The highest BCUT2D eigenvalue weighted by Crippen LogP contribution is 2.27. The van der Waals surface area contributed by atoms with Gasteiger partial charge in [-0.05, 0) is 62.7 Å². The van der Waals surface area contributed by atoms with Gasteiger partial charge in [0.25, 0.3) is 0 Å². The number of likely N-dealkylation sites (N-methyl/N-ethyl adjacent to an activating group) is 1. The number of nitrogens with one attached hydrogen (secondary N) is 2. The molecule has 0 spiro atoms. The lowest BCUT2D eigenvalue weighted by Crippen LogP contribution is -2.45. The van der Waals surface area contributed by atoms with Gasteiger partial charge >= 0.3 is 6.03 Å². The number of rotatable bonds is 4. The van der Waals surface area contributed by atoms with E-state index in [9.17, 15) is 9.59 Å². The third-order valence-corrected chi connectivity index (χ3v) is 6.62. The van der Waals surface area contributed by atoms with Gasteiger partial charge in [-0.1, -0.05) is 23.8 Å². The van der Waals surface area contributed by atoms with Crippen LogP contribution in [0.1, 0.15) is 30.0 Å². The first-order valence-electron chi connectivity index (χ1n) is 11.1. The van der Waals surface area contributed by atoms with E-state index in [1.807, 2.05) is 37.3 Å². The van der Waals surface area contributed by atoms with Gasteiger partial charge in [0.15, 0.2) is 0 Å². The molecule has 2 heterocycles. The molecule has 0 saturated carbocycles. The van der Waals surface area contributed by atoms with E-state index in [0.717, 1.165) is 24.2 Å². The molecule has 7 heteroatoms. The smallest absolute Gasteiger partial charge is 0.322 e. The van der Waals surface area contributed by atoms with Gasteiger partial charge in [-0.25, -0.2) is 4.79 Å². The maximum atomic E-state index is 13.2. The largest absolute Gasteiger partial charge is 0.380 e. The number of carbonyl (C=O) groups excluding carboxylic acids is 2. The van der Waals surface area contributed by atoms with E-state index < -0.39 is 6.04 Å². The molecule has 0 aromatic heterocycles. The number of hydrogen-bond acceptors (Lipinski definition) is 4. The van der Waals surface area contributed by atoms with Crippen molar-refractivity contribution in [1.29, 1.82) is 0 Å². The number of likely N-dealkylation sites (tertiary alicyclic amines) is 1. The van der Waals surface area contributed by atoms with Gasteiger partial charge in [-0.3, -0.25) is 9.69 Å². The number of carbonyl (C=O) groups is 2. The number of hydrogen-bond donors (Lipinski definition) is 2. The highest BCUT2D eigenvalue weighted by atomic mass is 16.5. The summed E-state index contributed by atoms with van der Waals surface area (Å²) in [5.41, 5.74) is 5.15. The molecule has 4 rings (SSSR count). The van der Waals surface area contributed by atoms with Crippen LogP contribution in [0, 0.1) is 6.92 Å². The molecule has 2 aromatic rings. The Bertz CT molecular complexity index is 991. The number of aryl methyl sites for hydroxylation is 1. The summed E-state index contributed by atoms with van der Waals surface area (Å²) in [6, 6.07) is 13.3. The molecule has 7 nitrogen and oxygen atoms in total. The summed E-state index contributed by atoms with van der Waals surface area (Å²) in [6.45, 7) is 5.49. The van der Waals surface area contributed by atoms with Crippen molar-refractivity contribution >= 4 is 23.3 Å². The Morgan fingerprint density at radius 1 is 1.03 bits per heavy atom. The molecular weight excluding hydrogens is 404 g/mol. The topological polar surface area (TPSA) is 73.9 Å². The van der Waals surface area contributed by atoms with Gasteiger partial charge in [-0.15, -0.1) is 0 Å². The maximum absolute atomic E-state index is 13.2. The summed E-state index contributed by atoms with van der Waals surface area (Å²) in [5, 5.41) is 5.93. The first kappa shape index (κ1) is 22.3. The SMILES string of the molecule is CO[C@@H]1C[C@H](C(=O)Nc2ccc3c(c2)C[C@H](C)N(C)C3)N(C(=O)Nc2ccc(C)cc2)C1. The molecule has 170 valence electrons. The summed E-state index contributed by atoms with van der Waals surface area (Å²) in [6.07, 6.45) is 1.25. The average Bonchev–Trinajstić information content (AvgIpc) is 3.21. The zero-order valence-electron chi connectivity index (χ0n) is 19.2. The van der Waals surface area contributed by atoms with Crippen LogP contribution in [-0.2, 0) is 22.5 Å². The summed E-state index contributed by atoms with van der Waals surface area (Å²) < 4.78 is 5.48. The van der Waals surface area contributed by atoms with E-state index in [4.69, 9.17) is 4.74 Å². The second-order valence-corrected chi connectivity index (χ2v) is 9.00. The molecule has 3 atom stereocenters. The molecule has 0 aliphatic carbocycles. The number of nitrogens with zero attached hydrogens (tertiary/aromatic N) is 2. The van der Waals surface area contributed by atoms with Gasteiger partial charge in [-0.2, -0.15) is 0 Å². The molecule has 0 radical (unpaired) electrons. The fourth-order valence-electron chi connectivity index (χ4n) is 4.45. The fourth-order valence-corrected chi connectivity index (χ4v) is 4.45. The van der Waals surface area contributed by atoms with Crippen LogP contribution < -0.4 is 10.6 Å². The molecule has 1 fully saturated rings. The zero-order chi connectivity index (χ0) is 22.8. The average molecular weight is 437 g/mol. The number of anilines is 2. The maximum Gasteiger partial charge on any atom is 0.322 e. The third-order valence-electron chi connectivity index (χ3n) is 6.62. The van der Waals surface area contributed by atoms with Crippen molar-refractivity contribution < 1.29 is 14.3 Å². The van der Waals surface area contributed by atoms with E-state index >= 15 is 0 Å². The minimum Gasteiger partial charge on any atom is -0.380 e. The van der Waals surface area contributed by atoms with Crippen LogP contribution in [0.5, 0.6) is 0 Å². The number of benzene rings is 2. The lowest BCUT2D eigenvalue weighted by atomic mass is 9.95. The monoisotopic (exact) mass is 436 g/mol. The summed E-state index contributed by atoms with van der Waals surface area (Å²) in [4.78, 5) is 30.0. The van der Waals surface area contributed by atoms with E-state index in [-0.39, 0.29) is 18.0 Å². The number of ether oxygens (including phenoxy) is 1. The van der Waals surface area contributed by atoms with Crippen molar-refractivity contribution in [2.75, 3.05) is 31.3 Å². The molecule has 32 heavy (non-hydrogen) atoms. The quantitative estimate of drug-likeness (QED) is 0.768. The predicted molar refractivity (Wildman–Crippen MR) is 126 cm³/mol. The predicted octanol–water partition coefficient (Wildman–Crippen LogP) is 3.63. The fraction of sp³-hybridized carbons (Fsp3) is 0.440. The standard InChI is InChI=1S/C25H32N4O3/c1-16-5-8-20(9-6-16)27-25(31)29-15-22(32-4)13-23(29)24(30)26-21-10-7-18-14-28(3)17(2)11-19(18)12-21/h5-10,12,17,22-23H,11,13-15H2,1-4H3,(H,26,30)(H,27,31)/t17-,22+,23+/m0/s1. The van der Waals surface area contributed by atoms with Crippen LogP contribution >= 0.6 is 0 Å². The highest BCUT2D eigenvalue weighted by molar-refractivity contribution is 5.99. The number of methoxy groups -OCH3 is 1. The molecule has 0 bridgehead atoms. The number of fused-ring (bicyclic) bond motifs is 1. The summed E-state index contributed by atoms with van der Waals surface area (Å²) in [7, 11) is 3.74. The van der Waals surface area contributed by atoms with E-state index in [1.54, 1.807) is 12.0 Å². The van der Waals surface area contributed by atoms with Crippen LogP contribution in [0.15, 0.2) is 42.5 Å². The van der Waals surface area contributed by atoms with E-state index in [2.05, 4.69) is 41.6 Å². The second kappa shape index (κ2) is 9.30. The van der Waals surface area contributed by atoms with Gasteiger partial charge in [0.05, 0.1) is 6.10 Å². The normalized spacial score (nSPS) is 23.0. The lowest BCUT2D eigenvalue weighted by Gasteiger charge is -2.32. The second-order valence-electron chi connectivity index (χ2n) is 9.00. The Labute approximate surface area is 189 Å². The number of urea groups is 1. The van der Waals surface area contributed by atoms with Crippen molar-refractivity contribution in [1.82, 2.24) is 9.80 Å². The molecular formula is C25H32N4O3. The minimum atomic E-state index is -0.591. The van der Waals surface area contributed by atoms with Gasteiger partial charge in [0, 0.05) is 44.0 Å². The Balaban J connectivity index is 1.46. The van der Waals surface area contributed by atoms with Gasteiger partial charge in [0.2, 0.25) is 5.91 Å². The molecule has 2 aliphatic heterocycles. The van der Waals surface area contributed by atoms with Gasteiger partial charge in [0.1, 0.15) is 6.04 Å². The molecule has 1 saturated heterocycles. The number of amides is 3. The van der Waals surface area contributed by atoms with Crippen LogP contribution in [0.25, 0.3) is 0 Å². The summed E-state index contributed by atoms with van der Waals surface area (Å²) >= 11 is 0. The van der Waals surface area contributed by atoms with Crippen LogP contribution in [0.4, 0.5) is 16.2 Å². The minimum absolute atomic E-state index is 0.172. The van der Waals surface area contributed by atoms with E-state index in [1.165, 1.54) is 11.1 Å². The van der Waals surface area contributed by atoms with E-state index in [0.29, 0.717) is 24.7 Å². The Hall–Kier alpha value is -2.90. The zero-order valence-corrected chi connectivity index (χ0v) is 19.2. The summed E-state index contributed by atoms with van der Waals surface area (Å²) in [5.74, 6) is -0.190. The van der Waals surface area contributed by atoms with Crippen molar-refractivity contribution in [3.8, 4) is 0 Å². The van der Waals surface area contributed by atoms with Gasteiger partial charge < -0.3 is 20.3 Å². The first-order chi connectivity index (χ1) is 15.3. The molecule has 2 N–H and O–H groups in total. The molecule has 2 aliphatic rings. The Morgan fingerprint density at radius 3 is 2.47 bits per heavy atom. The van der Waals surface area contributed by atoms with Crippen LogP contribution in [-0.4, -0.2) is 60.6 Å². The Morgan fingerprint density at radius 2 is 1.75 bits per heavy atom. The van der Waals surface area contributed by atoms with Crippen molar-refractivity contribution in [2.45, 2.75) is 51.4 Å². The molecule has 2 aromatic carbocycles. The van der Waals surface area contributed by atoms with Crippen molar-refractivity contribution in [3.05, 3.63) is 59.2 Å². The third kappa shape index (κ3) is 4.79.